The minimum atomic E-state index is 0.648. The van der Waals surface area contributed by atoms with Gasteiger partial charge in [-0.1, -0.05) is 35.1 Å². The first-order valence-corrected chi connectivity index (χ1v) is 9.92. The minimum absolute atomic E-state index is 0.648. The molecule has 4 rings (SSSR count). The molecule has 0 amide bonds. The lowest BCUT2D eigenvalue weighted by molar-refractivity contribution is 0.922. The number of aromatic nitrogens is 5. The molecule has 24 heavy (non-hydrogen) atoms. The maximum Gasteiger partial charge on any atom is 0.187 e. The molecule has 0 aliphatic heterocycles. The predicted octanol–water partition coefficient (Wildman–Crippen LogP) is 4.44. The summed E-state index contributed by atoms with van der Waals surface area (Å²) in [5, 5.41) is 3.11. The lowest BCUT2D eigenvalue weighted by atomic mass is 10.1. The third kappa shape index (κ3) is 2.35. The highest BCUT2D eigenvalue weighted by atomic mass is 35.5. The van der Waals surface area contributed by atoms with E-state index < -0.39 is 0 Å². The number of nitrogens with zero attached hydrogens (tertiary/aromatic N) is 5. The van der Waals surface area contributed by atoms with Crippen LogP contribution in [0.25, 0.3) is 27.8 Å². The van der Waals surface area contributed by atoms with Crippen molar-refractivity contribution in [2.45, 2.75) is 10.3 Å². The van der Waals surface area contributed by atoms with E-state index in [-0.39, 0.29) is 0 Å². The van der Waals surface area contributed by atoms with Crippen LogP contribution in [0.3, 0.4) is 0 Å². The van der Waals surface area contributed by atoms with Crippen LogP contribution in [-0.2, 0) is 0 Å². The number of halogens is 1. The van der Waals surface area contributed by atoms with E-state index in [2.05, 4.69) is 19.9 Å². The highest BCUT2D eigenvalue weighted by Crippen LogP contribution is 2.39. The molecule has 4 aromatic heterocycles. The Kier molecular flexibility index (Phi) is 4.07. The van der Waals surface area contributed by atoms with Gasteiger partial charge < -0.3 is 0 Å². The highest BCUT2D eigenvalue weighted by molar-refractivity contribution is 7.98. The summed E-state index contributed by atoms with van der Waals surface area (Å²) in [6.07, 6.45) is 9.23. The second kappa shape index (κ2) is 6.23. The summed E-state index contributed by atoms with van der Waals surface area (Å²) in [6, 6.07) is 5.67. The fourth-order valence-electron chi connectivity index (χ4n) is 2.75. The lowest BCUT2D eigenvalue weighted by Gasteiger charge is -2.04. The summed E-state index contributed by atoms with van der Waals surface area (Å²) >= 11 is 9.60. The van der Waals surface area contributed by atoms with Gasteiger partial charge in [-0.05, 0) is 30.7 Å². The van der Waals surface area contributed by atoms with E-state index in [1.807, 2.05) is 29.0 Å². The molecule has 0 unspecified atom stereocenters. The molecule has 0 fully saturated rings. The van der Waals surface area contributed by atoms with E-state index in [1.54, 1.807) is 36.4 Å². The van der Waals surface area contributed by atoms with E-state index in [9.17, 15) is 0 Å². The summed E-state index contributed by atoms with van der Waals surface area (Å²) in [5.74, 6) is 0. The van der Waals surface area contributed by atoms with Crippen LogP contribution in [0.2, 0.25) is 5.02 Å². The molecule has 0 saturated heterocycles. The first-order chi connectivity index (χ1) is 11.7. The molecule has 0 atom stereocenters. The van der Waals surface area contributed by atoms with Gasteiger partial charge in [-0.2, -0.15) is 0 Å². The Balaban J connectivity index is 2.20. The lowest BCUT2D eigenvalue weighted by Crippen LogP contribution is -1.94. The van der Waals surface area contributed by atoms with E-state index in [4.69, 9.17) is 11.6 Å². The van der Waals surface area contributed by atoms with Gasteiger partial charge in [0.25, 0.3) is 0 Å². The summed E-state index contributed by atoms with van der Waals surface area (Å²) in [5.41, 5.74) is 3.55. The maximum atomic E-state index is 6.52. The number of thioether (sulfide) groups is 2. The van der Waals surface area contributed by atoms with Crippen molar-refractivity contribution >= 4 is 51.7 Å². The van der Waals surface area contributed by atoms with Gasteiger partial charge in [-0.3, -0.25) is 4.40 Å². The van der Waals surface area contributed by atoms with E-state index in [1.165, 1.54) is 11.8 Å². The Morgan fingerprint density at radius 1 is 0.958 bits per heavy atom. The van der Waals surface area contributed by atoms with Crippen molar-refractivity contribution in [2.24, 2.45) is 0 Å². The normalized spacial score (nSPS) is 11.5. The first-order valence-electron chi connectivity index (χ1n) is 7.09. The van der Waals surface area contributed by atoms with Crippen LogP contribution in [0, 0.1) is 0 Å². The van der Waals surface area contributed by atoms with Gasteiger partial charge >= 0.3 is 0 Å². The molecule has 120 valence electrons. The molecule has 0 saturated carbocycles. The van der Waals surface area contributed by atoms with Gasteiger partial charge in [0.15, 0.2) is 10.3 Å². The Morgan fingerprint density at radius 2 is 1.75 bits per heavy atom. The Hall–Kier alpha value is -1.83. The van der Waals surface area contributed by atoms with Gasteiger partial charge in [0.05, 0.1) is 16.2 Å². The second-order valence-corrected chi connectivity index (χ2v) is 6.90. The molecule has 0 aromatic carbocycles. The maximum absolute atomic E-state index is 6.52. The number of hydrogen-bond donors (Lipinski definition) is 0. The molecule has 0 N–H and O–H groups in total. The van der Waals surface area contributed by atoms with Crippen molar-refractivity contribution in [1.82, 2.24) is 24.3 Å². The predicted molar refractivity (Wildman–Crippen MR) is 100 cm³/mol. The SMILES string of the molecule is CSc1nccc(-c2c3c(Cl)ccnc3n3c(SC)nccc23)n1. The van der Waals surface area contributed by atoms with Crippen LogP contribution < -0.4 is 0 Å². The monoisotopic (exact) mass is 373 g/mol. The topological polar surface area (TPSA) is 56.0 Å². The number of rotatable bonds is 3. The Bertz CT molecular complexity index is 1060. The van der Waals surface area contributed by atoms with Crippen LogP contribution in [0.5, 0.6) is 0 Å². The third-order valence-electron chi connectivity index (χ3n) is 3.70. The zero-order valence-corrected chi connectivity index (χ0v) is 15.3. The quantitative estimate of drug-likeness (QED) is 0.391. The van der Waals surface area contributed by atoms with Crippen molar-refractivity contribution < 1.29 is 0 Å². The number of fused-ring (bicyclic) bond motifs is 3. The van der Waals surface area contributed by atoms with Gasteiger partial charge in [0, 0.05) is 29.5 Å². The van der Waals surface area contributed by atoms with E-state index in [0.717, 1.165) is 38.1 Å². The average molecular weight is 374 g/mol. The summed E-state index contributed by atoms with van der Waals surface area (Å²) < 4.78 is 2.03. The van der Waals surface area contributed by atoms with Crippen LogP contribution in [0.4, 0.5) is 0 Å². The van der Waals surface area contributed by atoms with Crippen LogP contribution >= 0.6 is 35.1 Å². The van der Waals surface area contributed by atoms with Crippen molar-refractivity contribution in [3.8, 4) is 11.3 Å². The van der Waals surface area contributed by atoms with Crippen LogP contribution in [-0.4, -0.2) is 36.8 Å². The second-order valence-electron chi connectivity index (χ2n) is 4.95. The molecular formula is C16H12ClN5S2. The Labute approximate surface area is 151 Å². The molecule has 0 spiro atoms. The molecule has 0 aliphatic rings. The molecular weight excluding hydrogens is 362 g/mol. The van der Waals surface area contributed by atoms with E-state index in [0.29, 0.717) is 5.02 Å². The third-order valence-corrected chi connectivity index (χ3v) is 5.23. The van der Waals surface area contributed by atoms with Gasteiger partial charge in [0.1, 0.15) is 5.65 Å². The van der Waals surface area contributed by atoms with E-state index >= 15 is 0 Å². The zero-order chi connectivity index (χ0) is 16.7. The van der Waals surface area contributed by atoms with Gasteiger partial charge in [-0.25, -0.2) is 19.9 Å². The fraction of sp³-hybridized carbons (Fsp3) is 0.125. The van der Waals surface area contributed by atoms with Gasteiger partial charge in [0.2, 0.25) is 0 Å². The summed E-state index contributed by atoms with van der Waals surface area (Å²) in [7, 11) is 0. The molecule has 0 radical (unpaired) electrons. The number of hydrogen-bond acceptors (Lipinski definition) is 6. The highest BCUT2D eigenvalue weighted by Gasteiger charge is 2.20. The van der Waals surface area contributed by atoms with Crippen molar-refractivity contribution in [3.05, 3.63) is 41.8 Å². The Morgan fingerprint density at radius 3 is 2.54 bits per heavy atom. The fourth-order valence-corrected chi connectivity index (χ4v) is 3.87. The smallest absolute Gasteiger partial charge is 0.187 e. The summed E-state index contributed by atoms with van der Waals surface area (Å²) in [6.45, 7) is 0. The average Bonchev–Trinajstić information content (AvgIpc) is 2.97. The largest absolute Gasteiger partial charge is 0.272 e. The molecule has 5 nitrogen and oxygen atoms in total. The molecule has 8 heteroatoms. The zero-order valence-electron chi connectivity index (χ0n) is 12.9. The van der Waals surface area contributed by atoms with Crippen molar-refractivity contribution in [1.29, 1.82) is 0 Å². The van der Waals surface area contributed by atoms with Crippen molar-refractivity contribution in [3.63, 3.8) is 0 Å². The minimum Gasteiger partial charge on any atom is -0.272 e. The van der Waals surface area contributed by atoms with Gasteiger partial charge in [-0.15, -0.1) is 0 Å². The first kappa shape index (κ1) is 15.7. The molecule has 0 bridgehead atoms. The molecule has 4 aromatic rings. The number of pyridine rings is 1. The molecule has 4 heterocycles. The van der Waals surface area contributed by atoms with Crippen LogP contribution in [0.15, 0.2) is 47.1 Å². The van der Waals surface area contributed by atoms with Crippen molar-refractivity contribution in [2.75, 3.05) is 12.5 Å². The van der Waals surface area contributed by atoms with Crippen LogP contribution in [0.1, 0.15) is 0 Å². The summed E-state index contributed by atoms with van der Waals surface area (Å²) in [4.78, 5) is 17.9. The molecule has 0 aliphatic carbocycles. The standard InChI is InChI=1S/C16H12ClN5S2/c1-23-15-19-7-4-10(21-15)13-11-5-8-20-16(24-2)22(11)14-12(13)9(17)3-6-18-14/h3-8H,1-2H3.